The fourth-order valence-electron chi connectivity index (χ4n) is 1.36. The van der Waals surface area contributed by atoms with Gasteiger partial charge in [-0.25, -0.2) is 0 Å². The predicted molar refractivity (Wildman–Crippen MR) is 86.3 cm³/mol. The van der Waals surface area contributed by atoms with Crippen molar-refractivity contribution in [2.75, 3.05) is 18.1 Å². The van der Waals surface area contributed by atoms with E-state index >= 15 is 0 Å². The smallest absolute Gasteiger partial charge is 0.288 e. The molecule has 2 rings (SSSR count). The quantitative estimate of drug-likeness (QED) is 0.736. The van der Waals surface area contributed by atoms with Gasteiger partial charge in [0.15, 0.2) is 4.34 Å². The number of hydrogen-bond donors (Lipinski definition) is 2. The first-order valence-corrected chi connectivity index (χ1v) is 8.74. The molecule has 2 aromatic rings. The zero-order chi connectivity index (χ0) is 15.9. The highest BCUT2D eigenvalue weighted by Gasteiger charge is 2.08. The standard InChI is InChI=1S/C12H12F2N4OS3/c1-15-9(19)6-20-12-18-17-11(22-12)16-7-2-4-8(5-3-7)21-10(13)14/h2-5,10H,6H2,1H3,(H,15,19)(H,16,17). The molecule has 5 nitrogen and oxygen atoms in total. The summed E-state index contributed by atoms with van der Waals surface area (Å²) in [5.41, 5.74) is 0.734. The summed E-state index contributed by atoms with van der Waals surface area (Å²) < 4.78 is 25.1. The summed E-state index contributed by atoms with van der Waals surface area (Å²) in [5.74, 6) is -2.23. The molecule has 1 amide bonds. The number of aromatic nitrogens is 2. The molecule has 118 valence electrons. The number of rotatable bonds is 7. The van der Waals surface area contributed by atoms with Gasteiger partial charge >= 0.3 is 0 Å². The second-order valence-corrected chi connectivity index (χ2v) is 7.13. The number of amides is 1. The van der Waals surface area contributed by atoms with Crippen molar-refractivity contribution in [2.24, 2.45) is 0 Å². The lowest BCUT2D eigenvalue weighted by atomic mass is 10.3. The van der Waals surface area contributed by atoms with E-state index in [0.717, 1.165) is 5.69 Å². The minimum absolute atomic E-state index is 0.0816. The van der Waals surface area contributed by atoms with Crippen LogP contribution in [0.1, 0.15) is 0 Å². The van der Waals surface area contributed by atoms with Crippen LogP contribution in [0.4, 0.5) is 19.6 Å². The van der Waals surface area contributed by atoms with Crippen LogP contribution in [0, 0.1) is 0 Å². The Morgan fingerprint density at radius 1 is 1.32 bits per heavy atom. The van der Waals surface area contributed by atoms with E-state index in [0.29, 0.717) is 26.1 Å². The summed E-state index contributed by atoms with van der Waals surface area (Å²) in [5, 5.41) is 14.1. The summed E-state index contributed by atoms with van der Waals surface area (Å²) in [4.78, 5) is 11.6. The Hall–Kier alpha value is -1.39. The van der Waals surface area contributed by atoms with Crippen molar-refractivity contribution in [3.8, 4) is 0 Å². The van der Waals surface area contributed by atoms with E-state index in [4.69, 9.17) is 0 Å². The molecule has 22 heavy (non-hydrogen) atoms. The molecule has 0 aliphatic rings. The fourth-order valence-corrected chi connectivity index (χ4v) is 3.50. The average molecular weight is 362 g/mol. The molecule has 10 heteroatoms. The van der Waals surface area contributed by atoms with Crippen LogP contribution >= 0.6 is 34.9 Å². The van der Waals surface area contributed by atoms with Crippen molar-refractivity contribution in [3.05, 3.63) is 24.3 Å². The number of halogens is 2. The summed E-state index contributed by atoms with van der Waals surface area (Å²) in [6.45, 7) is 0. The van der Waals surface area contributed by atoms with Gasteiger partial charge in [-0.05, 0) is 24.3 Å². The largest absolute Gasteiger partial charge is 0.358 e. The lowest BCUT2D eigenvalue weighted by molar-refractivity contribution is -0.118. The fraction of sp³-hybridized carbons (Fsp3) is 0.250. The number of alkyl halides is 2. The maximum atomic E-state index is 12.2. The highest BCUT2D eigenvalue weighted by Crippen LogP contribution is 2.29. The van der Waals surface area contributed by atoms with Gasteiger partial charge in [0.2, 0.25) is 11.0 Å². The van der Waals surface area contributed by atoms with Gasteiger partial charge in [0, 0.05) is 17.6 Å². The zero-order valence-electron chi connectivity index (χ0n) is 11.4. The van der Waals surface area contributed by atoms with E-state index in [1.807, 2.05) is 0 Å². The zero-order valence-corrected chi connectivity index (χ0v) is 13.8. The number of nitrogens with zero attached hydrogens (tertiary/aromatic N) is 2. The highest BCUT2D eigenvalue weighted by molar-refractivity contribution is 8.01. The van der Waals surface area contributed by atoms with Crippen molar-refractivity contribution in [1.82, 2.24) is 15.5 Å². The van der Waals surface area contributed by atoms with Crippen molar-refractivity contribution >= 4 is 51.6 Å². The van der Waals surface area contributed by atoms with Gasteiger partial charge in [-0.15, -0.1) is 10.2 Å². The molecule has 0 atom stereocenters. The van der Waals surface area contributed by atoms with Gasteiger partial charge in [-0.1, -0.05) is 34.9 Å². The Labute approximate surface area is 138 Å². The maximum Gasteiger partial charge on any atom is 0.288 e. The summed E-state index contributed by atoms with van der Waals surface area (Å²) in [7, 11) is 1.58. The topological polar surface area (TPSA) is 66.9 Å². The van der Waals surface area contributed by atoms with Gasteiger partial charge in [-0.3, -0.25) is 4.79 Å². The van der Waals surface area contributed by atoms with Gasteiger partial charge in [0.05, 0.1) is 5.75 Å². The first-order valence-electron chi connectivity index (χ1n) is 6.05. The van der Waals surface area contributed by atoms with Crippen LogP contribution < -0.4 is 10.6 Å². The number of carbonyl (C=O) groups is 1. The minimum atomic E-state index is -2.43. The third-order valence-corrected chi connectivity index (χ3v) is 5.04. The lowest BCUT2D eigenvalue weighted by Crippen LogP contribution is -2.19. The molecular weight excluding hydrogens is 350 g/mol. The number of hydrogen-bond acceptors (Lipinski definition) is 7. The third kappa shape index (κ3) is 5.43. The molecule has 0 saturated heterocycles. The minimum Gasteiger partial charge on any atom is -0.358 e. The van der Waals surface area contributed by atoms with Gasteiger partial charge in [-0.2, -0.15) is 8.78 Å². The average Bonchev–Trinajstić information content (AvgIpc) is 2.94. The van der Waals surface area contributed by atoms with Crippen molar-refractivity contribution in [1.29, 1.82) is 0 Å². The van der Waals surface area contributed by atoms with Crippen LogP contribution in [0.3, 0.4) is 0 Å². The number of nitrogens with one attached hydrogen (secondary N) is 2. The van der Waals surface area contributed by atoms with Crippen LogP contribution in [-0.4, -0.2) is 34.7 Å². The molecule has 0 aliphatic carbocycles. The molecule has 2 N–H and O–H groups in total. The number of anilines is 2. The molecular formula is C12H12F2N4OS3. The molecule has 0 saturated carbocycles. The van der Waals surface area contributed by atoms with Crippen LogP contribution in [0.15, 0.2) is 33.5 Å². The Kier molecular flexibility index (Phi) is 6.40. The van der Waals surface area contributed by atoms with E-state index in [2.05, 4.69) is 20.8 Å². The van der Waals surface area contributed by atoms with Crippen LogP contribution in [-0.2, 0) is 4.79 Å². The molecule has 0 fully saturated rings. The monoisotopic (exact) mass is 362 g/mol. The first kappa shape index (κ1) is 17.0. The number of benzene rings is 1. The van der Waals surface area contributed by atoms with Gasteiger partial charge in [0.1, 0.15) is 0 Å². The van der Waals surface area contributed by atoms with Crippen molar-refractivity contribution < 1.29 is 13.6 Å². The SMILES string of the molecule is CNC(=O)CSc1nnc(Nc2ccc(SC(F)F)cc2)s1. The second kappa shape index (κ2) is 8.30. The molecule has 1 aromatic heterocycles. The number of thioether (sulfide) groups is 2. The highest BCUT2D eigenvalue weighted by atomic mass is 32.2. The molecule has 0 spiro atoms. The Morgan fingerprint density at radius 3 is 2.68 bits per heavy atom. The first-order chi connectivity index (χ1) is 10.6. The van der Waals surface area contributed by atoms with E-state index in [-0.39, 0.29) is 11.7 Å². The molecule has 0 unspecified atom stereocenters. The normalized spacial score (nSPS) is 10.7. The number of carbonyl (C=O) groups excluding carboxylic acids is 1. The molecule has 0 aliphatic heterocycles. The van der Waals surface area contributed by atoms with Crippen LogP contribution in [0.25, 0.3) is 0 Å². The molecule has 0 radical (unpaired) electrons. The second-order valence-electron chi connectivity index (χ2n) is 3.86. The van der Waals surface area contributed by atoms with Crippen molar-refractivity contribution in [3.63, 3.8) is 0 Å². The van der Waals surface area contributed by atoms with E-state index < -0.39 is 5.76 Å². The molecule has 0 bridgehead atoms. The van der Waals surface area contributed by atoms with E-state index in [1.54, 1.807) is 31.3 Å². The van der Waals surface area contributed by atoms with Crippen molar-refractivity contribution in [2.45, 2.75) is 15.0 Å². The maximum absolute atomic E-state index is 12.2. The summed E-state index contributed by atoms with van der Waals surface area (Å²) >= 11 is 3.12. The summed E-state index contributed by atoms with van der Waals surface area (Å²) in [6, 6.07) is 6.62. The molecule has 1 aromatic carbocycles. The molecule has 1 heterocycles. The Bertz CT molecular complexity index is 621. The van der Waals surface area contributed by atoms with E-state index in [9.17, 15) is 13.6 Å². The third-order valence-electron chi connectivity index (χ3n) is 2.34. The van der Waals surface area contributed by atoms with E-state index in [1.165, 1.54) is 23.1 Å². The van der Waals surface area contributed by atoms with Crippen LogP contribution in [0.5, 0.6) is 0 Å². The Morgan fingerprint density at radius 2 is 2.05 bits per heavy atom. The Balaban J connectivity index is 1.90. The van der Waals surface area contributed by atoms with Crippen LogP contribution in [0.2, 0.25) is 0 Å². The van der Waals surface area contributed by atoms with Gasteiger partial charge < -0.3 is 10.6 Å². The lowest BCUT2D eigenvalue weighted by Gasteiger charge is -2.03. The van der Waals surface area contributed by atoms with Gasteiger partial charge in [0.25, 0.3) is 5.76 Å². The summed E-state index contributed by atoms with van der Waals surface area (Å²) in [6.07, 6.45) is 0. The predicted octanol–water partition coefficient (Wildman–Crippen LogP) is 3.43.